The average Bonchev–Trinajstić information content (AvgIpc) is 0.900. The minimum atomic E-state index is -4.97. The molecule has 19 heteroatoms. The van der Waals surface area contributed by atoms with Crippen LogP contribution in [0.4, 0.5) is 0 Å². The van der Waals surface area contributed by atoms with Gasteiger partial charge in [0.25, 0.3) is 0 Å². The molecule has 3 N–H and O–H groups in total. The largest absolute Gasteiger partial charge is 0.472 e. The van der Waals surface area contributed by atoms with Crippen LogP contribution in [0.25, 0.3) is 0 Å². The third-order valence-corrected chi connectivity index (χ3v) is 23.1. The minimum Gasteiger partial charge on any atom is -0.462 e. The Morgan fingerprint density at radius 3 is 0.624 bits per heavy atom. The fourth-order valence-electron chi connectivity index (χ4n) is 14.1. The predicted octanol–water partition coefficient (Wildman–Crippen LogP) is 27.8. The fraction of sp³-hybridized carbons (Fsp3) is 0.956. The van der Waals surface area contributed by atoms with Gasteiger partial charge in [-0.3, -0.25) is 37.3 Å². The Kier molecular flexibility index (Phi) is 79.8. The van der Waals surface area contributed by atoms with Crippen molar-refractivity contribution in [3.05, 3.63) is 0 Å². The van der Waals surface area contributed by atoms with Crippen molar-refractivity contribution in [3.8, 4) is 0 Å². The van der Waals surface area contributed by atoms with Crippen LogP contribution in [0, 0.1) is 11.8 Å². The molecule has 0 aliphatic carbocycles. The van der Waals surface area contributed by atoms with Crippen molar-refractivity contribution >= 4 is 39.5 Å². The van der Waals surface area contributed by atoms with Crippen LogP contribution in [0.5, 0.6) is 0 Å². The van der Waals surface area contributed by atoms with Gasteiger partial charge in [-0.05, 0) is 37.5 Å². The molecule has 0 aromatic carbocycles. The molecule has 0 aromatic heterocycles. The summed E-state index contributed by atoms with van der Waals surface area (Å²) in [5.74, 6) is -0.511. The summed E-state index contributed by atoms with van der Waals surface area (Å²) in [4.78, 5) is 73.4. The van der Waals surface area contributed by atoms with E-state index in [-0.39, 0.29) is 25.7 Å². The lowest BCUT2D eigenvalue weighted by atomic mass is 10.0. The molecule has 0 saturated heterocycles. The summed E-state index contributed by atoms with van der Waals surface area (Å²) in [6.45, 7) is 9.73. The van der Waals surface area contributed by atoms with Gasteiger partial charge >= 0.3 is 39.5 Å². The quantitative estimate of drug-likeness (QED) is 0.0222. The number of hydrogen-bond acceptors (Lipinski definition) is 15. The van der Waals surface area contributed by atoms with Crippen LogP contribution in [0.3, 0.4) is 0 Å². The number of carbonyl (C=O) groups excluding carboxylic acids is 4. The van der Waals surface area contributed by atoms with Gasteiger partial charge in [-0.15, -0.1) is 0 Å². The van der Waals surface area contributed by atoms with Gasteiger partial charge < -0.3 is 33.8 Å². The Morgan fingerprint density at radius 2 is 0.422 bits per heavy atom. The van der Waals surface area contributed by atoms with E-state index in [1.54, 1.807) is 0 Å². The highest BCUT2D eigenvalue weighted by molar-refractivity contribution is 7.47. The maximum Gasteiger partial charge on any atom is 0.472 e. The van der Waals surface area contributed by atoms with Crippen LogP contribution in [0.2, 0.25) is 0 Å². The van der Waals surface area contributed by atoms with Crippen LogP contribution < -0.4 is 0 Å². The SMILES string of the molecule is CCCCCCCCCCCCCCCCCCCCCCCC(=O)OC[C@H](COP(=O)(O)OC[C@@H](O)COP(=O)(O)OC[C@@H](COC(=O)CCCCCCCCCCCCCCC)OC(=O)CCCCCCCCCCCCCC(C)C)OC(=O)CCCCCCCCCCCCCCCCCCCCC(C)C. The maximum atomic E-state index is 13.2. The molecule has 0 aliphatic heterocycles. The van der Waals surface area contributed by atoms with Crippen molar-refractivity contribution in [2.75, 3.05) is 39.6 Å². The molecule has 0 saturated carbocycles. The Labute approximate surface area is 670 Å². The first-order valence-corrected chi connectivity index (χ1v) is 49.5. The van der Waals surface area contributed by atoms with Gasteiger partial charge in [0.2, 0.25) is 0 Å². The second-order valence-electron chi connectivity index (χ2n) is 33.3. The summed E-state index contributed by atoms with van der Waals surface area (Å²) in [5.41, 5.74) is 0. The van der Waals surface area contributed by atoms with E-state index in [1.807, 2.05) is 0 Å². The lowest BCUT2D eigenvalue weighted by Gasteiger charge is -2.21. The molecule has 0 rings (SSSR count). The first-order valence-electron chi connectivity index (χ1n) is 46.5. The van der Waals surface area contributed by atoms with Gasteiger partial charge in [-0.2, -0.15) is 0 Å². The molecule has 109 heavy (non-hydrogen) atoms. The molecule has 0 amide bonds. The van der Waals surface area contributed by atoms with Crippen molar-refractivity contribution in [1.82, 2.24) is 0 Å². The monoisotopic (exact) mass is 1590 g/mol. The van der Waals surface area contributed by atoms with E-state index in [2.05, 4.69) is 41.5 Å². The van der Waals surface area contributed by atoms with Gasteiger partial charge in [-0.1, -0.05) is 433 Å². The van der Waals surface area contributed by atoms with E-state index in [0.717, 1.165) is 102 Å². The molecular formula is C90H176O17P2. The number of hydrogen-bond donors (Lipinski definition) is 3. The highest BCUT2D eigenvalue weighted by atomic mass is 31.2. The first-order chi connectivity index (χ1) is 52.9. The second kappa shape index (κ2) is 81.2. The Bertz CT molecular complexity index is 2080. The number of ether oxygens (including phenoxy) is 4. The van der Waals surface area contributed by atoms with Gasteiger partial charge in [-0.25, -0.2) is 9.13 Å². The van der Waals surface area contributed by atoms with E-state index < -0.39 is 97.5 Å². The standard InChI is InChI=1S/C90H176O17P2/c1-7-9-11-13-15-17-19-21-22-23-24-25-26-30-33-37-43-49-55-61-67-73-88(93)101-78-85(106-89(94)74-68-62-56-50-44-38-34-31-28-27-29-32-36-40-46-52-58-64-70-82(3)4)80-104-108(96,97)102-76-84(91)77-103-109(98,99)105-81-86(79-100-87(92)72-66-60-54-48-42-35-20-18-16-14-12-10-8-2)107-90(95)75-69-63-57-51-45-39-41-47-53-59-65-71-83(5)6/h82-86,91H,7-81H2,1-6H3,(H,96,97)(H,98,99)/t84-,85-,86-/m1/s1. The fourth-order valence-corrected chi connectivity index (χ4v) is 15.7. The summed E-state index contributed by atoms with van der Waals surface area (Å²) in [5, 5.41) is 10.7. The van der Waals surface area contributed by atoms with E-state index in [1.165, 1.54) is 302 Å². The molecule has 2 unspecified atom stereocenters. The predicted molar refractivity (Wildman–Crippen MR) is 451 cm³/mol. The van der Waals surface area contributed by atoms with Crippen LogP contribution in [-0.4, -0.2) is 96.7 Å². The molecule has 0 aliphatic rings. The summed E-state index contributed by atoms with van der Waals surface area (Å²) >= 11 is 0. The van der Waals surface area contributed by atoms with Crippen molar-refractivity contribution in [3.63, 3.8) is 0 Å². The van der Waals surface area contributed by atoms with E-state index in [9.17, 15) is 43.2 Å². The molecule has 0 bridgehead atoms. The number of esters is 4. The normalized spacial score (nSPS) is 13.8. The van der Waals surface area contributed by atoms with Crippen molar-refractivity contribution < 1.29 is 80.2 Å². The zero-order chi connectivity index (χ0) is 79.9. The number of phosphoric ester groups is 2. The number of aliphatic hydroxyl groups excluding tert-OH is 1. The molecule has 0 fully saturated rings. The summed E-state index contributed by atoms with van der Waals surface area (Å²) in [7, 11) is -9.93. The molecule has 5 atom stereocenters. The maximum absolute atomic E-state index is 13.2. The molecule has 0 radical (unpaired) electrons. The number of unbranched alkanes of at least 4 members (excludes halogenated alkanes) is 59. The van der Waals surface area contributed by atoms with Gasteiger partial charge in [0.05, 0.1) is 26.4 Å². The summed E-state index contributed by atoms with van der Waals surface area (Å²) in [6.07, 6.45) is 75.0. The number of phosphoric acid groups is 2. The third-order valence-electron chi connectivity index (χ3n) is 21.2. The summed E-state index contributed by atoms with van der Waals surface area (Å²) in [6, 6.07) is 0. The van der Waals surface area contributed by atoms with E-state index >= 15 is 0 Å². The molecule has 0 spiro atoms. The van der Waals surface area contributed by atoms with Crippen molar-refractivity contribution in [2.24, 2.45) is 11.8 Å². The average molecular weight is 1590 g/mol. The molecule has 17 nitrogen and oxygen atoms in total. The molecule has 0 heterocycles. The van der Waals surface area contributed by atoms with Crippen molar-refractivity contribution in [2.45, 2.75) is 503 Å². The highest BCUT2D eigenvalue weighted by Gasteiger charge is 2.31. The third kappa shape index (κ3) is 83.8. The summed E-state index contributed by atoms with van der Waals surface area (Å²) < 4.78 is 69.0. The number of rotatable bonds is 89. The van der Waals surface area contributed by atoms with Crippen LogP contribution in [-0.2, 0) is 65.4 Å². The smallest absolute Gasteiger partial charge is 0.462 e. The first kappa shape index (κ1) is 107. The molecule has 648 valence electrons. The Morgan fingerprint density at radius 1 is 0.248 bits per heavy atom. The van der Waals surface area contributed by atoms with Crippen LogP contribution in [0.1, 0.15) is 485 Å². The lowest BCUT2D eigenvalue weighted by molar-refractivity contribution is -0.161. The van der Waals surface area contributed by atoms with Gasteiger partial charge in [0.1, 0.15) is 19.3 Å². The minimum absolute atomic E-state index is 0.107. The number of aliphatic hydroxyl groups is 1. The molecular weight excluding hydrogens is 1410 g/mol. The molecule has 0 aromatic rings. The Balaban J connectivity index is 5.24. The van der Waals surface area contributed by atoms with Crippen LogP contribution >= 0.6 is 15.6 Å². The van der Waals surface area contributed by atoms with Gasteiger partial charge in [0.15, 0.2) is 12.2 Å². The topological polar surface area (TPSA) is 237 Å². The van der Waals surface area contributed by atoms with Crippen molar-refractivity contribution in [1.29, 1.82) is 0 Å². The van der Waals surface area contributed by atoms with E-state index in [0.29, 0.717) is 25.7 Å². The number of carbonyl (C=O) groups is 4. The van der Waals surface area contributed by atoms with Gasteiger partial charge in [0, 0.05) is 25.7 Å². The lowest BCUT2D eigenvalue weighted by Crippen LogP contribution is -2.30. The van der Waals surface area contributed by atoms with Crippen LogP contribution in [0.15, 0.2) is 0 Å². The zero-order valence-electron chi connectivity index (χ0n) is 71.9. The Hall–Kier alpha value is -1.94. The second-order valence-corrected chi connectivity index (χ2v) is 36.2. The highest BCUT2D eigenvalue weighted by Crippen LogP contribution is 2.45. The van der Waals surface area contributed by atoms with E-state index in [4.69, 9.17) is 37.0 Å². The zero-order valence-corrected chi connectivity index (χ0v) is 73.7.